The molecular weight excluding hydrogens is 399 g/mol. The molecule has 3 rings (SSSR count). The van der Waals surface area contributed by atoms with Gasteiger partial charge in [-0.3, -0.25) is 9.59 Å². The van der Waals surface area contributed by atoms with E-state index in [0.717, 1.165) is 27.7 Å². The van der Waals surface area contributed by atoms with E-state index in [1.165, 1.54) is 12.1 Å². The molecule has 0 radical (unpaired) electrons. The number of aryl methyl sites for hydroxylation is 1. The van der Waals surface area contributed by atoms with Gasteiger partial charge >= 0.3 is 0 Å². The van der Waals surface area contributed by atoms with E-state index < -0.39 is 0 Å². The summed E-state index contributed by atoms with van der Waals surface area (Å²) in [7, 11) is 0. The molecule has 0 spiro atoms. The van der Waals surface area contributed by atoms with Crippen LogP contribution in [0.1, 0.15) is 29.9 Å². The van der Waals surface area contributed by atoms with Crippen LogP contribution in [0.2, 0.25) is 0 Å². The quantitative estimate of drug-likeness (QED) is 0.740. The van der Waals surface area contributed by atoms with Crippen molar-refractivity contribution in [1.29, 1.82) is 0 Å². The van der Waals surface area contributed by atoms with Gasteiger partial charge in [-0.05, 0) is 54.7 Å². The Morgan fingerprint density at radius 3 is 2.65 bits per heavy atom. The highest BCUT2D eigenvalue weighted by atomic mass is 79.9. The third kappa shape index (κ3) is 4.69. The molecule has 1 saturated carbocycles. The Morgan fingerprint density at radius 2 is 1.92 bits per heavy atom. The highest BCUT2D eigenvalue weighted by Crippen LogP contribution is 2.47. The van der Waals surface area contributed by atoms with Crippen LogP contribution in [-0.4, -0.2) is 18.4 Å². The fourth-order valence-corrected chi connectivity index (χ4v) is 3.30. The third-order valence-electron chi connectivity index (χ3n) is 4.55. The Hall–Kier alpha value is -2.21. The lowest BCUT2D eigenvalue weighted by Crippen LogP contribution is -2.29. The number of amides is 2. The van der Waals surface area contributed by atoms with E-state index in [0.29, 0.717) is 6.54 Å². The van der Waals surface area contributed by atoms with Gasteiger partial charge in [0.15, 0.2) is 0 Å². The molecule has 2 unspecified atom stereocenters. The first-order chi connectivity index (χ1) is 12.4. The Balaban J connectivity index is 1.42. The fraction of sp³-hybridized carbons (Fsp3) is 0.300. The Morgan fingerprint density at radius 1 is 1.19 bits per heavy atom. The summed E-state index contributed by atoms with van der Waals surface area (Å²) < 4.78 is 13.8. The van der Waals surface area contributed by atoms with Crippen LogP contribution in [0.5, 0.6) is 0 Å². The van der Waals surface area contributed by atoms with Gasteiger partial charge in [-0.15, -0.1) is 0 Å². The summed E-state index contributed by atoms with van der Waals surface area (Å²) in [5.74, 6) is -0.408. The first kappa shape index (κ1) is 18.6. The molecule has 2 atom stereocenters. The first-order valence-corrected chi connectivity index (χ1v) is 9.32. The average molecular weight is 419 g/mol. The van der Waals surface area contributed by atoms with Gasteiger partial charge in [0.1, 0.15) is 5.82 Å². The van der Waals surface area contributed by atoms with Crippen LogP contribution < -0.4 is 10.6 Å². The van der Waals surface area contributed by atoms with Gasteiger partial charge in [-0.25, -0.2) is 4.39 Å². The van der Waals surface area contributed by atoms with Crippen molar-refractivity contribution >= 4 is 33.4 Å². The molecule has 0 aromatic heterocycles. The topological polar surface area (TPSA) is 58.2 Å². The van der Waals surface area contributed by atoms with Gasteiger partial charge < -0.3 is 10.6 Å². The van der Waals surface area contributed by atoms with Crippen LogP contribution in [0.15, 0.2) is 46.9 Å². The van der Waals surface area contributed by atoms with Crippen LogP contribution >= 0.6 is 15.9 Å². The molecule has 2 amide bonds. The van der Waals surface area contributed by atoms with Gasteiger partial charge in [0, 0.05) is 29.0 Å². The van der Waals surface area contributed by atoms with Crippen molar-refractivity contribution in [3.05, 3.63) is 63.9 Å². The maximum atomic E-state index is 13.0. The minimum atomic E-state index is -0.276. The van der Waals surface area contributed by atoms with E-state index in [-0.39, 0.29) is 35.9 Å². The number of nitrogens with one attached hydrogen (secondary N) is 2. The second kappa shape index (κ2) is 7.99. The summed E-state index contributed by atoms with van der Waals surface area (Å²) in [6.45, 7) is 2.22. The van der Waals surface area contributed by atoms with Crippen molar-refractivity contribution in [2.45, 2.75) is 25.7 Å². The van der Waals surface area contributed by atoms with Crippen molar-refractivity contribution in [3.8, 4) is 0 Å². The van der Waals surface area contributed by atoms with Gasteiger partial charge in [0.2, 0.25) is 11.8 Å². The molecule has 4 nitrogen and oxygen atoms in total. The van der Waals surface area contributed by atoms with Crippen molar-refractivity contribution in [2.75, 3.05) is 11.9 Å². The van der Waals surface area contributed by atoms with Crippen molar-refractivity contribution in [3.63, 3.8) is 0 Å². The highest BCUT2D eigenvalue weighted by Gasteiger charge is 2.43. The third-order valence-corrected chi connectivity index (χ3v) is 5.04. The predicted molar refractivity (Wildman–Crippen MR) is 102 cm³/mol. The van der Waals surface area contributed by atoms with Crippen molar-refractivity contribution < 1.29 is 14.0 Å². The number of rotatable bonds is 6. The second-order valence-corrected chi connectivity index (χ2v) is 7.46. The molecule has 0 aliphatic heterocycles. The van der Waals surface area contributed by atoms with E-state index in [2.05, 4.69) is 26.6 Å². The number of benzene rings is 2. The van der Waals surface area contributed by atoms with Gasteiger partial charge in [-0.2, -0.15) is 0 Å². The zero-order chi connectivity index (χ0) is 18.7. The van der Waals surface area contributed by atoms with E-state index in [9.17, 15) is 14.0 Å². The van der Waals surface area contributed by atoms with Gasteiger partial charge in [-0.1, -0.05) is 34.1 Å². The Bertz CT molecular complexity index is 823. The van der Waals surface area contributed by atoms with E-state index in [1.54, 1.807) is 12.1 Å². The summed E-state index contributed by atoms with van der Waals surface area (Å²) in [6, 6.07) is 12.0. The van der Waals surface area contributed by atoms with Crippen LogP contribution in [0, 0.1) is 18.7 Å². The molecule has 0 bridgehead atoms. The second-order valence-electron chi connectivity index (χ2n) is 6.55. The molecule has 1 aliphatic carbocycles. The minimum Gasteiger partial charge on any atom is -0.355 e. The summed E-state index contributed by atoms with van der Waals surface area (Å²) >= 11 is 3.38. The SMILES string of the molecule is Cc1ccc(Br)cc1NC(=O)CCNC(=O)C1CC1c1ccc(F)cc1. The summed E-state index contributed by atoms with van der Waals surface area (Å²) in [5.41, 5.74) is 2.72. The maximum Gasteiger partial charge on any atom is 0.226 e. The minimum absolute atomic E-state index is 0.0502. The average Bonchev–Trinajstić information content (AvgIpc) is 3.39. The lowest BCUT2D eigenvalue weighted by molar-refractivity contribution is -0.122. The summed E-state index contributed by atoms with van der Waals surface area (Å²) in [6.07, 6.45) is 0.979. The number of carbonyl (C=O) groups excluding carboxylic acids is 2. The molecule has 1 fully saturated rings. The van der Waals surface area contributed by atoms with Crippen LogP contribution in [0.3, 0.4) is 0 Å². The number of halogens is 2. The molecule has 26 heavy (non-hydrogen) atoms. The van der Waals surface area contributed by atoms with Crippen LogP contribution in [0.25, 0.3) is 0 Å². The van der Waals surface area contributed by atoms with E-state index in [1.807, 2.05) is 25.1 Å². The smallest absolute Gasteiger partial charge is 0.226 e. The monoisotopic (exact) mass is 418 g/mol. The Kier molecular flexibility index (Phi) is 5.71. The van der Waals surface area contributed by atoms with Crippen molar-refractivity contribution in [2.24, 2.45) is 5.92 Å². The zero-order valence-corrected chi connectivity index (χ0v) is 16.0. The van der Waals surface area contributed by atoms with E-state index in [4.69, 9.17) is 0 Å². The molecule has 1 aliphatic rings. The Labute approximate surface area is 160 Å². The molecule has 6 heteroatoms. The maximum absolute atomic E-state index is 13.0. The predicted octanol–water partition coefficient (Wildman–Crippen LogP) is 4.15. The molecule has 0 heterocycles. The molecule has 2 aromatic carbocycles. The number of carbonyl (C=O) groups is 2. The number of hydrogen-bond donors (Lipinski definition) is 2. The molecule has 0 saturated heterocycles. The molecule has 2 N–H and O–H groups in total. The largest absolute Gasteiger partial charge is 0.355 e. The fourth-order valence-electron chi connectivity index (χ4n) is 2.94. The van der Waals surface area contributed by atoms with Gasteiger partial charge in [0.05, 0.1) is 0 Å². The van der Waals surface area contributed by atoms with E-state index >= 15 is 0 Å². The van der Waals surface area contributed by atoms with Gasteiger partial charge in [0.25, 0.3) is 0 Å². The van der Waals surface area contributed by atoms with Crippen molar-refractivity contribution in [1.82, 2.24) is 5.32 Å². The zero-order valence-electron chi connectivity index (χ0n) is 14.4. The van der Waals surface area contributed by atoms with Crippen LogP contribution in [0.4, 0.5) is 10.1 Å². The summed E-state index contributed by atoms with van der Waals surface area (Å²) in [4.78, 5) is 24.2. The highest BCUT2D eigenvalue weighted by molar-refractivity contribution is 9.10. The molecule has 2 aromatic rings. The molecule has 136 valence electrons. The normalized spacial score (nSPS) is 18.3. The lowest BCUT2D eigenvalue weighted by atomic mass is 10.1. The van der Waals surface area contributed by atoms with Crippen LogP contribution in [-0.2, 0) is 9.59 Å². The standard InChI is InChI=1S/C20H20BrFN2O2/c1-12-2-5-14(21)10-18(12)24-19(25)8-9-23-20(26)17-11-16(17)13-3-6-15(22)7-4-13/h2-7,10,16-17H,8-9,11H2,1H3,(H,23,26)(H,24,25). The number of hydrogen-bond acceptors (Lipinski definition) is 2. The lowest BCUT2D eigenvalue weighted by Gasteiger charge is -2.09. The first-order valence-electron chi connectivity index (χ1n) is 8.53. The molecular formula is C20H20BrFN2O2. The summed E-state index contributed by atoms with van der Waals surface area (Å²) in [5, 5.41) is 5.67. The number of anilines is 1.